The summed E-state index contributed by atoms with van der Waals surface area (Å²) in [5, 5.41) is 4.77. The second-order valence-corrected chi connectivity index (χ2v) is 9.84. The average molecular weight is 475 g/mol. The Bertz CT molecular complexity index is 1000. The molecule has 32 heavy (non-hydrogen) atoms. The fraction of sp³-hybridized carbons (Fsp3) is 0.476. The van der Waals surface area contributed by atoms with Gasteiger partial charge in [-0.3, -0.25) is 4.79 Å². The Hall–Kier alpha value is -2.66. The molecule has 2 aliphatic heterocycles. The quantitative estimate of drug-likeness (QED) is 0.662. The van der Waals surface area contributed by atoms with Gasteiger partial charge in [0.15, 0.2) is 16.0 Å². The van der Waals surface area contributed by atoms with Gasteiger partial charge in [0.05, 0.1) is 6.20 Å². The highest BCUT2D eigenvalue weighted by atomic mass is 32.2. The zero-order valence-corrected chi connectivity index (χ0v) is 19.9. The van der Waals surface area contributed by atoms with Crippen LogP contribution in [-0.2, 0) is 11.8 Å². The lowest BCUT2D eigenvalue weighted by Gasteiger charge is -2.30. The van der Waals surface area contributed by atoms with Crippen LogP contribution in [0.1, 0.15) is 26.7 Å². The van der Waals surface area contributed by atoms with E-state index in [1.165, 1.54) is 11.1 Å². The van der Waals surface area contributed by atoms with Crippen LogP contribution in [0.15, 0.2) is 35.9 Å². The highest BCUT2D eigenvalue weighted by molar-refractivity contribution is 7.99. The predicted molar refractivity (Wildman–Crippen MR) is 126 cm³/mol. The van der Waals surface area contributed by atoms with Crippen molar-refractivity contribution in [3.05, 3.63) is 30.7 Å². The molecule has 0 radical (unpaired) electrons. The van der Waals surface area contributed by atoms with Gasteiger partial charge in [-0.05, 0) is 43.1 Å². The van der Waals surface area contributed by atoms with E-state index in [-0.39, 0.29) is 17.9 Å². The number of carbonyl (C=O) groups is 2. The number of nitrogens with zero attached hydrogens (tertiary/aromatic N) is 5. The third-order valence-electron chi connectivity index (χ3n) is 5.54. The summed E-state index contributed by atoms with van der Waals surface area (Å²) in [5.41, 5.74) is 0. The molecule has 2 saturated heterocycles. The Morgan fingerprint density at radius 1 is 1.28 bits per heavy atom. The number of carbonyl (C=O) groups excluding carboxylic acids is 2. The van der Waals surface area contributed by atoms with E-state index in [0.29, 0.717) is 35.0 Å². The van der Waals surface area contributed by atoms with E-state index in [1.54, 1.807) is 35.0 Å². The summed E-state index contributed by atoms with van der Waals surface area (Å²) in [6.07, 6.45) is 6.52. The Morgan fingerprint density at radius 3 is 2.59 bits per heavy atom. The number of hydrogen-bond acceptors (Lipinski definition) is 7. The van der Waals surface area contributed by atoms with Crippen molar-refractivity contribution >= 4 is 46.9 Å². The van der Waals surface area contributed by atoms with Crippen LogP contribution >= 0.6 is 24.0 Å². The highest BCUT2D eigenvalue weighted by Gasteiger charge is 2.38. The summed E-state index contributed by atoms with van der Waals surface area (Å²) < 4.78 is 7.50. The molecule has 1 atom stereocenters. The minimum Gasteiger partial charge on any atom is -0.409 e. The topological polar surface area (TPSA) is 92.6 Å². The number of pyridine rings is 1. The summed E-state index contributed by atoms with van der Waals surface area (Å²) in [5.74, 6) is 0.710. The smallest absolute Gasteiger partial charge is 0.409 e. The summed E-state index contributed by atoms with van der Waals surface area (Å²) in [4.78, 5) is 36.9. The van der Waals surface area contributed by atoms with Crippen molar-refractivity contribution in [2.45, 2.75) is 43.1 Å². The van der Waals surface area contributed by atoms with E-state index in [1.807, 2.05) is 31.7 Å². The number of anilines is 1. The van der Waals surface area contributed by atoms with E-state index in [0.717, 1.165) is 18.0 Å². The molecule has 0 aliphatic carbocycles. The van der Waals surface area contributed by atoms with Crippen molar-refractivity contribution < 1.29 is 14.3 Å². The molecule has 0 aromatic carbocycles. The summed E-state index contributed by atoms with van der Waals surface area (Å²) >= 11 is 7.04. The molecule has 1 N–H and O–H groups in total. The molecule has 170 valence electrons. The van der Waals surface area contributed by atoms with E-state index >= 15 is 0 Å². The number of imidazole rings is 1. The molecule has 0 spiro atoms. The number of ether oxygens (including phenoxy) is 1. The summed E-state index contributed by atoms with van der Waals surface area (Å²) in [7, 11) is 1.98. The van der Waals surface area contributed by atoms with Crippen molar-refractivity contribution in [2.75, 3.05) is 18.0 Å². The number of aromatic nitrogens is 3. The van der Waals surface area contributed by atoms with Gasteiger partial charge in [0.2, 0.25) is 0 Å². The maximum absolute atomic E-state index is 12.6. The molecule has 2 amide bonds. The first kappa shape index (κ1) is 22.5. The standard InChI is InChI=1S/C21H26N6O3S2/c1-13(2)17-18(28)27(19(31)24-17)16-5-4-14(12-23-16)30-21(29)26-9-6-15(7-10-26)32-20-22-8-11-25(20)3/h4-5,8,11-13,15,17H,6-7,9-10H2,1-3H3,(H,24,31). The Kier molecular flexibility index (Phi) is 6.66. The molecule has 0 saturated carbocycles. The molecule has 11 heteroatoms. The van der Waals surface area contributed by atoms with Crippen molar-refractivity contribution in [3.8, 4) is 5.75 Å². The van der Waals surface area contributed by atoms with Crippen molar-refractivity contribution in [1.82, 2.24) is 24.8 Å². The fourth-order valence-corrected chi connectivity index (χ4v) is 5.07. The first-order chi connectivity index (χ1) is 15.3. The molecule has 1 unspecified atom stereocenters. The van der Waals surface area contributed by atoms with Gasteiger partial charge in [0.1, 0.15) is 11.9 Å². The van der Waals surface area contributed by atoms with E-state index < -0.39 is 6.09 Å². The van der Waals surface area contributed by atoms with Crippen molar-refractivity contribution in [2.24, 2.45) is 13.0 Å². The van der Waals surface area contributed by atoms with Crippen molar-refractivity contribution in [3.63, 3.8) is 0 Å². The number of thiocarbonyl (C=S) groups is 1. The van der Waals surface area contributed by atoms with Crippen LogP contribution in [-0.4, -0.2) is 60.9 Å². The SMILES string of the molecule is CC(C)C1NC(=S)N(c2ccc(OC(=O)N3CCC(Sc4nccn4C)CC3)cn2)C1=O. The van der Waals surface area contributed by atoms with Crippen LogP contribution in [0, 0.1) is 5.92 Å². The van der Waals surface area contributed by atoms with Gasteiger partial charge in [0, 0.05) is 37.8 Å². The molecule has 0 bridgehead atoms. The number of rotatable bonds is 5. The fourth-order valence-electron chi connectivity index (χ4n) is 3.67. The number of piperidine rings is 1. The van der Waals surface area contributed by atoms with Crippen LogP contribution < -0.4 is 15.0 Å². The zero-order chi connectivity index (χ0) is 22.8. The van der Waals surface area contributed by atoms with Crippen LogP contribution in [0.4, 0.5) is 10.6 Å². The maximum Gasteiger partial charge on any atom is 0.415 e. The maximum atomic E-state index is 12.6. The lowest BCUT2D eigenvalue weighted by molar-refractivity contribution is -0.119. The molecular formula is C21H26N6O3S2. The average Bonchev–Trinajstić information content (AvgIpc) is 3.31. The molecule has 2 aromatic heterocycles. The van der Waals surface area contributed by atoms with Gasteiger partial charge in [0.25, 0.3) is 5.91 Å². The van der Waals surface area contributed by atoms with Gasteiger partial charge < -0.3 is 19.5 Å². The van der Waals surface area contributed by atoms with Gasteiger partial charge in [-0.1, -0.05) is 25.6 Å². The number of nitrogens with one attached hydrogen (secondary N) is 1. The second kappa shape index (κ2) is 9.45. The normalized spacial score (nSPS) is 19.6. The molecule has 4 rings (SSSR count). The minimum atomic E-state index is -0.394. The van der Waals surface area contributed by atoms with Crippen LogP contribution in [0.5, 0.6) is 5.75 Å². The summed E-state index contributed by atoms with van der Waals surface area (Å²) in [6, 6.07) is 2.90. The van der Waals surface area contributed by atoms with Gasteiger partial charge >= 0.3 is 6.09 Å². The Morgan fingerprint density at radius 2 is 2.03 bits per heavy atom. The number of aryl methyl sites for hydroxylation is 1. The Labute approximate surface area is 196 Å². The monoisotopic (exact) mass is 474 g/mol. The Balaban J connectivity index is 1.30. The first-order valence-electron chi connectivity index (χ1n) is 10.5. The molecule has 2 aliphatic rings. The number of likely N-dealkylation sites (tertiary alicyclic amines) is 1. The molecule has 2 fully saturated rings. The second-order valence-electron chi connectivity index (χ2n) is 8.19. The largest absolute Gasteiger partial charge is 0.415 e. The van der Waals surface area contributed by atoms with Gasteiger partial charge in [-0.2, -0.15) is 0 Å². The minimum absolute atomic E-state index is 0.108. The number of hydrogen-bond donors (Lipinski definition) is 1. The zero-order valence-electron chi connectivity index (χ0n) is 18.2. The highest BCUT2D eigenvalue weighted by Crippen LogP contribution is 2.29. The number of thioether (sulfide) groups is 1. The lowest BCUT2D eigenvalue weighted by Crippen LogP contribution is -2.41. The molecule has 4 heterocycles. The molecule has 9 nitrogen and oxygen atoms in total. The third kappa shape index (κ3) is 4.73. The molecule has 2 aromatic rings. The lowest BCUT2D eigenvalue weighted by atomic mass is 10.1. The number of amides is 2. The molecular weight excluding hydrogens is 448 g/mol. The van der Waals surface area contributed by atoms with Crippen LogP contribution in [0.3, 0.4) is 0 Å². The first-order valence-corrected chi connectivity index (χ1v) is 11.8. The van der Waals surface area contributed by atoms with Crippen molar-refractivity contribution in [1.29, 1.82) is 0 Å². The van der Waals surface area contributed by atoms with E-state index in [9.17, 15) is 9.59 Å². The van der Waals surface area contributed by atoms with Crippen LogP contribution in [0.25, 0.3) is 0 Å². The predicted octanol–water partition coefficient (Wildman–Crippen LogP) is 2.82. The van der Waals surface area contributed by atoms with Gasteiger partial charge in [-0.25, -0.2) is 19.7 Å². The van der Waals surface area contributed by atoms with Crippen LogP contribution in [0.2, 0.25) is 0 Å². The summed E-state index contributed by atoms with van der Waals surface area (Å²) in [6.45, 7) is 5.17. The van der Waals surface area contributed by atoms with Gasteiger partial charge in [-0.15, -0.1) is 0 Å². The third-order valence-corrected chi connectivity index (χ3v) is 7.25. The van der Waals surface area contributed by atoms with E-state index in [2.05, 4.69) is 15.3 Å². The van der Waals surface area contributed by atoms with E-state index in [4.69, 9.17) is 17.0 Å².